The lowest BCUT2D eigenvalue weighted by Gasteiger charge is -2.27. The van der Waals surface area contributed by atoms with Gasteiger partial charge in [-0.1, -0.05) is 0 Å². The predicted molar refractivity (Wildman–Crippen MR) is 145 cm³/mol. The molecule has 0 fully saturated rings. The van der Waals surface area contributed by atoms with Gasteiger partial charge in [0.15, 0.2) is 0 Å². The van der Waals surface area contributed by atoms with E-state index in [-0.39, 0.29) is 27.0 Å². The van der Waals surface area contributed by atoms with E-state index < -0.39 is 56.2 Å². The van der Waals surface area contributed by atoms with Crippen LogP contribution in [-0.2, 0) is 9.53 Å². The largest absolute Gasteiger partial charge is 0.394 e. The number of hydrogen-bond acceptors (Lipinski definition) is 8. The van der Waals surface area contributed by atoms with Gasteiger partial charge in [-0.15, -0.1) is 0 Å². The van der Waals surface area contributed by atoms with E-state index in [1.807, 2.05) is 45.2 Å². The zero-order chi connectivity index (χ0) is 25.5. The van der Waals surface area contributed by atoms with Crippen molar-refractivity contribution in [3.8, 4) is 0 Å². The molecule has 0 spiro atoms. The molecule has 1 rings (SSSR count). The third-order valence-corrected chi connectivity index (χ3v) is 8.03. The molecule has 5 N–H and O–H groups in total. The second-order valence-corrected chi connectivity index (χ2v) is 10.2. The Bertz CT molecular complexity index is 884. The predicted octanol–water partition coefficient (Wildman–Crippen LogP) is 0.142. The highest BCUT2D eigenvalue weighted by atomic mass is 127. The highest BCUT2D eigenvalue weighted by Gasteiger charge is 2.34. The van der Waals surface area contributed by atoms with Crippen LogP contribution in [0.15, 0.2) is 0 Å². The van der Waals surface area contributed by atoms with E-state index in [0.717, 1.165) is 0 Å². The van der Waals surface area contributed by atoms with Crippen LogP contribution in [0.4, 0.5) is 5.69 Å². The molecule has 15 heteroatoms. The Balaban J connectivity index is 3.84. The van der Waals surface area contributed by atoms with Gasteiger partial charge in [0.05, 0.1) is 62.5 Å². The summed E-state index contributed by atoms with van der Waals surface area (Å²) in [6.07, 6.45) is 0. The Morgan fingerprint density at radius 3 is 1.94 bits per heavy atom. The van der Waals surface area contributed by atoms with Gasteiger partial charge in [-0.05, 0) is 67.8 Å². The average molecular weight is 826 g/mol. The first-order valence-electron chi connectivity index (χ1n) is 9.21. The highest BCUT2D eigenvalue weighted by Crippen LogP contribution is 2.38. The summed E-state index contributed by atoms with van der Waals surface area (Å²) in [4.78, 5) is 40.1. The number of nitrogens with one attached hydrogen (secondary N) is 1. The number of likely N-dealkylation sites (N-methyl/N-ethyl adjacent to an activating group) is 1. The van der Waals surface area contributed by atoms with Crippen LogP contribution in [-0.4, -0.2) is 102 Å². The fraction of sp³-hybridized carbons (Fsp3) is 0.500. The number of rotatable bonds is 11. The van der Waals surface area contributed by atoms with Gasteiger partial charge in [0.25, 0.3) is 17.7 Å². The number of ether oxygens (including phenoxy) is 1. The van der Waals surface area contributed by atoms with Gasteiger partial charge in [-0.2, -0.15) is 0 Å². The van der Waals surface area contributed by atoms with Crippen LogP contribution in [0, 0.1) is 10.7 Å². The fourth-order valence-corrected chi connectivity index (χ4v) is 7.61. The molecule has 186 valence electrons. The van der Waals surface area contributed by atoms with Gasteiger partial charge in [-0.3, -0.25) is 14.4 Å². The van der Waals surface area contributed by atoms with Crippen molar-refractivity contribution in [3.05, 3.63) is 21.8 Å². The van der Waals surface area contributed by atoms with Crippen LogP contribution < -0.4 is 10.2 Å². The van der Waals surface area contributed by atoms with Crippen molar-refractivity contribution >= 4 is 103 Å². The van der Waals surface area contributed by atoms with E-state index >= 15 is 0 Å². The Hall–Kier alpha value is -0.0900. The second-order valence-electron chi connectivity index (χ2n) is 6.60. The number of benzene rings is 1. The van der Waals surface area contributed by atoms with E-state index in [1.165, 1.54) is 19.1 Å². The number of amides is 3. The summed E-state index contributed by atoms with van der Waals surface area (Å²) in [7, 11) is 2.80. The first-order chi connectivity index (χ1) is 15.5. The van der Waals surface area contributed by atoms with Gasteiger partial charge >= 0.3 is 0 Å². The second kappa shape index (κ2) is 14.5. The van der Waals surface area contributed by atoms with E-state index in [4.69, 9.17) is 16.5 Å². The molecule has 11 nitrogen and oxygen atoms in total. The third kappa shape index (κ3) is 7.21. The van der Waals surface area contributed by atoms with E-state index in [0.29, 0.717) is 11.6 Å². The summed E-state index contributed by atoms with van der Waals surface area (Å²) in [6.45, 7) is -2.51. The highest BCUT2D eigenvalue weighted by molar-refractivity contribution is 14.1. The van der Waals surface area contributed by atoms with Gasteiger partial charge in [-0.25, -0.2) is 4.42 Å². The maximum atomic E-state index is 13.3. The SMILES string of the molecule is COCC(=O)N(C)c1c(I)c(C(=O)NC(CO)CO)c(I)c(C(=O)N(Cl)C(CO)CO)c1I. The zero-order valence-electron chi connectivity index (χ0n) is 17.5. The molecule has 0 heterocycles. The lowest BCUT2D eigenvalue weighted by molar-refractivity contribution is -0.121. The molecule has 0 unspecified atom stereocenters. The van der Waals surface area contributed by atoms with Crippen molar-refractivity contribution in [1.82, 2.24) is 9.74 Å². The van der Waals surface area contributed by atoms with Crippen molar-refractivity contribution < 1.29 is 39.5 Å². The molecular weight excluding hydrogens is 802 g/mol. The minimum absolute atomic E-state index is 0.0218. The van der Waals surface area contributed by atoms with E-state index in [2.05, 4.69) is 5.32 Å². The number of aliphatic hydroxyl groups is 4. The molecule has 0 bridgehead atoms. The molecule has 0 aliphatic rings. The standard InChI is InChI=1S/C18H23ClI3N3O8/c1-24(10(30)7-33-2)16-14(21)11(17(31)23-8(3-26)4-27)13(20)12(15(16)22)18(32)25(19)9(5-28)6-29/h8-9,26-29H,3-7H2,1-2H3,(H,23,31). The van der Waals surface area contributed by atoms with Crippen LogP contribution in [0.25, 0.3) is 0 Å². The first-order valence-corrected chi connectivity index (χ1v) is 12.8. The van der Waals surface area contributed by atoms with Gasteiger partial charge in [0.2, 0.25) is 0 Å². The molecule has 1 aromatic rings. The van der Waals surface area contributed by atoms with Crippen LogP contribution in [0.5, 0.6) is 0 Å². The van der Waals surface area contributed by atoms with Crippen LogP contribution >= 0.6 is 79.5 Å². The average Bonchev–Trinajstić information content (AvgIpc) is 2.77. The Morgan fingerprint density at radius 1 is 0.970 bits per heavy atom. The fourth-order valence-electron chi connectivity index (χ4n) is 2.56. The van der Waals surface area contributed by atoms with E-state index in [9.17, 15) is 34.8 Å². The molecule has 3 amide bonds. The Morgan fingerprint density at radius 2 is 1.48 bits per heavy atom. The van der Waals surface area contributed by atoms with Crippen LogP contribution in [0.3, 0.4) is 0 Å². The molecule has 0 aliphatic carbocycles. The van der Waals surface area contributed by atoms with Crippen molar-refractivity contribution in [2.75, 3.05) is 52.1 Å². The number of methoxy groups -OCH3 is 1. The molecule has 1 aromatic carbocycles. The topological polar surface area (TPSA) is 160 Å². The molecule has 0 aliphatic heterocycles. The van der Waals surface area contributed by atoms with Crippen molar-refractivity contribution in [3.63, 3.8) is 0 Å². The van der Waals surface area contributed by atoms with Crippen LogP contribution in [0.1, 0.15) is 20.7 Å². The summed E-state index contributed by atoms with van der Waals surface area (Å²) in [5.74, 6) is -1.95. The van der Waals surface area contributed by atoms with Gasteiger partial charge in [0.1, 0.15) is 6.61 Å². The van der Waals surface area contributed by atoms with Crippen molar-refractivity contribution in [2.45, 2.75) is 12.1 Å². The van der Waals surface area contributed by atoms with Gasteiger partial charge < -0.3 is 35.4 Å². The van der Waals surface area contributed by atoms with Crippen LogP contribution in [0.2, 0.25) is 0 Å². The lowest BCUT2D eigenvalue weighted by atomic mass is 10.1. The first kappa shape index (κ1) is 30.9. The number of carbonyl (C=O) groups is 3. The Labute approximate surface area is 236 Å². The number of halogens is 4. The number of carbonyl (C=O) groups excluding carboxylic acids is 3. The summed E-state index contributed by atoms with van der Waals surface area (Å²) in [5.41, 5.74) is 0.236. The maximum absolute atomic E-state index is 13.3. The molecule has 0 atom stereocenters. The number of anilines is 1. The molecule has 0 saturated heterocycles. The molecule has 0 aromatic heterocycles. The summed E-state index contributed by atoms with van der Waals surface area (Å²) >= 11 is 11.6. The molecule has 0 radical (unpaired) electrons. The quantitative estimate of drug-likeness (QED) is 0.156. The third-order valence-electron chi connectivity index (χ3n) is 4.42. The molecular formula is C18H23ClI3N3O8. The lowest BCUT2D eigenvalue weighted by Crippen LogP contribution is -2.42. The number of hydrogen-bond donors (Lipinski definition) is 5. The summed E-state index contributed by atoms with van der Waals surface area (Å²) in [5, 5.41) is 40.0. The maximum Gasteiger partial charge on any atom is 0.270 e. The van der Waals surface area contributed by atoms with Crippen molar-refractivity contribution in [2.24, 2.45) is 0 Å². The van der Waals surface area contributed by atoms with Gasteiger partial charge in [0, 0.05) is 29.5 Å². The minimum Gasteiger partial charge on any atom is -0.394 e. The van der Waals surface area contributed by atoms with E-state index in [1.54, 1.807) is 22.6 Å². The Kier molecular flexibility index (Phi) is 13.6. The number of aliphatic hydroxyl groups excluding tert-OH is 4. The molecule has 0 saturated carbocycles. The normalized spacial score (nSPS) is 11.2. The monoisotopic (exact) mass is 825 g/mol. The number of nitrogens with zero attached hydrogens (tertiary/aromatic N) is 2. The molecule has 33 heavy (non-hydrogen) atoms. The van der Waals surface area contributed by atoms with Crippen molar-refractivity contribution in [1.29, 1.82) is 0 Å². The zero-order valence-corrected chi connectivity index (χ0v) is 24.7. The smallest absolute Gasteiger partial charge is 0.270 e. The summed E-state index contributed by atoms with van der Waals surface area (Å²) < 4.78 is 6.36. The minimum atomic E-state index is -1.10. The summed E-state index contributed by atoms with van der Waals surface area (Å²) in [6, 6.07) is -2.05.